The molecular formula is C11H16ClN3O3S2. The minimum atomic E-state index is -3.83. The number of nitrogens with two attached hydrogens (primary N) is 1. The molecule has 6 nitrogen and oxygen atoms in total. The van der Waals surface area contributed by atoms with Gasteiger partial charge < -0.3 is 10.4 Å². The molecule has 1 aromatic rings. The van der Waals surface area contributed by atoms with E-state index in [-0.39, 0.29) is 22.7 Å². The summed E-state index contributed by atoms with van der Waals surface area (Å²) in [5.41, 5.74) is 0.778. The van der Waals surface area contributed by atoms with Crippen LogP contribution in [-0.2, 0) is 10.0 Å². The maximum absolute atomic E-state index is 11.4. The predicted molar refractivity (Wildman–Crippen MR) is 80.2 cm³/mol. The summed E-state index contributed by atoms with van der Waals surface area (Å²) in [7, 11) is -3.83. The van der Waals surface area contributed by atoms with Gasteiger partial charge in [-0.05, 0) is 43.3 Å². The number of unbranched alkanes of at least 4 members (excludes halogenated alkanes) is 1. The van der Waals surface area contributed by atoms with Crippen LogP contribution in [0.3, 0.4) is 0 Å². The van der Waals surface area contributed by atoms with E-state index in [0.717, 1.165) is 29.8 Å². The van der Waals surface area contributed by atoms with Crippen LogP contribution in [0.4, 0.5) is 5.69 Å². The molecule has 0 saturated carbocycles. The number of sulfonamides is 1. The average Bonchev–Trinajstić information content (AvgIpc) is 2.36. The van der Waals surface area contributed by atoms with Crippen LogP contribution in [0.2, 0.25) is 5.02 Å². The van der Waals surface area contributed by atoms with Crippen molar-refractivity contribution in [2.45, 2.75) is 35.2 Å². The molecule has 20 heavy (non-hydrogen) atoms. The summed E-state index contributed by atoms with van der Waals surface area (Å²) in [6.07, 6.45) is 2.54. The zero-order valence-corrected chi connectivity index (χ0v) is 13.0. The average molecular weight is 338 g/mol. The molecular weight excluding hydrogens is 322 g/mol. The highest BCUT2D eigenvalue weighted by atomic mass is 35.5. The third kappa shape index (κ3) is 3.78. The fraction of sp³-hybridized carbons (Fsp3) is 0.455. The monoisotopic (exact) mass is 337 g/mol. The molecule has 112 valence electrons. The topological polar surface area (TPSA) is 104 Å². The van der Waals surface area contributed by atoms with Crippen molar-refractivity contribution in [3.63, 3.8) is 0 Å². The van der Waals surface area contributed by atoms with Gasteiger partial charge >= 0.3 is 0 Å². The lowest BCUT2D eigenvalue weighted by Crippen LogP contribution is -2.35. The molecule has 9 heteroatoms. The van der Waals surface area contributed by atoms with E-state index in [4.69, 9.17) is 21.8 Å². The smallest absolute Gasteiger partial charge is 0.239 e. The van der Waals surface area contributed by atoms with Crippen molar-refractivity contribution in [3.8, 4) is 0 Å². The first-order chi connectivity index (χ1) is 9.41. The minimum absolute atomic E-state index is 0.0513. The van der Waals surface area contributed by atoms with Gasteiger partial charge in [0.1, 0.15) is 4.90 Å². The Labute approximate surface area is 127 Å². The second kappa shape index (κ2) is 6.50. The van der Waals surface area contributed by atoms with Gasteiger partial charge in [0.25, 0.3) is 0 Å². The standard InChI is InChI=1S/C11H16ClN3O3S2/c12-7-5-8-9(6-10(7)20(13,17)18)19-15-11(14-8)3-1-2-4-16/h5-6,11,14-16H,1-4H2,(H2,13,17,18). The summed E-state index contributed by atoms with van der Waals surface area (Å²) in [6.45, 7) is 0.181. The second-order valence-corrected chi connectivity index (χ2v) is 7.28. The first-order valence-corrected chi connectivity index (χ1v) is 8.82. The molecule has 1 heterocycles. The number of primary sulfonamides is 1. The zero-order valence-electron chi connectivity index (χ0n) is 10.6. The van der Waals surface area contributed by atoms with E-state index < -0.39 is 10.0 Å². The molecule has 0 bridgehead atoms. The molecule has 0 aliphatic carbocycles. The van der Waals surface area contributed by atoms with Crippen molar-refractivity contribution in [1.29, 1.82) is 0 Å². The molecule has 0 aromatic heterocycles. The van der Waals surface area contributed by atoms with Gasteiger partial charge in [0.2, 0.25) is 10.0 Å². The van der Waals surface area contributed by atoms with Gasteiger partial charge in [-0.2, -0.15) is 0 Å². The summed E-state index contributed by atoms with van der Waals surface area (Å²) in [6, 6.07) is 3.03. The first-order valence-electron chi connectivity index (χ1n) is 6.08. The van der Waals surface area contributed by atoms with Crippen LogP contribution in [0, 0.1) is 0 Å². The van der Waals surface area contributed by atoms with Crippen molar-refractivity contribution < 1.29 is 13.5 Å². The lowest BCUT2D eigenvalue weighted by atomic mass is 10.2. The Bertz CT molecular complexity index is 595. The number of anilines is 1. The number of hydrogen-bond acceptors (Lipinski definition) is 6. The van der Waals surface area contributed by atoms with Gasteiger partial charge in [-0.15, -0.1) is 0 Å². The van der Waals surface area contributed by atoms with Crippen LogP contribution >= 0.6 is 23.5 Å². The Morgan fingerprint density at radius 2 is 2.15 bits per heavy atom. The highest BCUT2D eigenvalue weighted by Crippen LogP contribution is 2.36. The number of nitrogens with one attached hydrogen (secondary N) is 2. The summed E-state index contributed by atoms with van der Waals surface area (Å²) in [5, 5.41) is 17.2. The van der Waals surface area contributed by atoms with Crippen LogP contribution in [-0.4, -0.2) is 26.3 Å². The van der Waals surface area contributed by atoms with Gasteiger partial charge in [-0.25, -0.2) is 18.3 Å². The highest BCUT2D eigenvalue weighted by Gasteiger charge is 2.22. The Morgan fingerprint density at radius 3 is 2.80 bits per heavy atom. The maximum atomic E-state index is 11.4. The van der Waals surface area contributed by atoms with E-state index in [1.807, 2.05) is 0 Å². The Kier molecular flexibility index (Phi) is 5.16. The predicted octanol–water partition coefficient (Wildman–Crippen LogP) is 1.50. The molecule has 2 rings (SSSR count). The largest absolute Gasteiger partial charge is 0.396 e. The number of benzene rings is 1. The van der Waals surface area contributed by atoms with Crippen molar-refractivity contribution in [2.75, 3.05) is 11.9 Å². The third-order valence-corrected chi connectivity index (χ3v) is 5.22. The first kappa shape index (κ1) is 15.9. The summed E-state index contributed by atoms with van der Waals surface area (Å²) in [4.78, 5) is 0.657. The Balaban J connectivity index is 2.16. The Hall–Kier alpha value is -0.510. The van der Waals surface area contributed by atoms with Crippen LogP contribution < -0.4 is 15.2 Å². The van der Waals surface area contributed by atoms with E-state index >= 15 is 0 Å². The zero-order chi connectivity index (χ0) is 14.8. The van der Waals surface area contributed by atoms with E-state index in [2.05, 4.69) is 10.0 Å². The summed E-state index contributed by atoms with van der Waals surface area (Å²) < 4.78 is 26.0. The summed E-state index contributed by atoms with van der Waals surface area (Å²) >= 11 is 7.30. The van der Waals surface area contributed by atoms with Gasteiger partial charge in [0, 0.05) is 11.5 Å². The number of halogens is 1. The van der Waals surface area contributed by atoms with Crippen molar-refractivity contribution in [1.82, 2.24) is 4.72 Å². The van der Waals surface area contributed by atoms with Crippen molar-refractivity contribution >= 4 is 39.3 Å². The van der Waals surface area contributed by atoms with Crippen LogP contribution in [0.25, 0.3) is 0 Å². The maximum Gasteiger partial charge on any atom is 0.239 e. The van der Waals surface area contributed by atoms with Crippen molar-refractivity contribution in [2.24, 2.45) is 5.14 Å². The van der Waals surface area contributed by atoms with E-state index in [0.29, 0.717) is 0 Å². The van der Waals surface area contributed by atoms with Crippen LogP contribution in [0.15, 0.2) is 21.9 Å². The van der Waals surface area contributed by atoms with Gasteiger partial charge in [0.15, 0.2) is 0 Å². The van der Waals surface area contributed by atoms with E-state index in [1.54, 1.807) is 6.07 Å². The van der Waals surface area contributed by atoms with Crippen LogP contribution in [0.1, 0.15) is 19.3 Å². The number of rotatable bonds is 5. The molecule has 0 spiro atoms. The quantitative estimate of drug-likeness (QED) is 0.479. The summed E-state index contributed by atoms with van der Waals surface area (Å²) in [5.74, 6) is 0. The number of hydrogen-bond donors (Lipinski definition) is 4. The molecule has 0 saturated heterocycles. The van der Waals surface area contributed by atoms with Gasteiger partial charge in [-0.3, -0.25) is 0 Å². The van der Waals surface area contributed by atoms with E-state index in [1.165, 1.54) is 18.0 Å². The lowest BCUT2D eigenvalue weighted by Gasteiger charge is -2.28. The van der Waals surface area contributed by atoms with E-state index in [9.17, 15) is 8.42 Å². The second-order valence-electron chi connectivity index (χ2n) is 4.46. The molecule has 0 radical (unpaired) electrons. The van der Waals surface area contributed by atoms with Crippen LogP contribution in [0.5, 0.6) is 0 Å². The third-order valence-electron chi connectivity index (χ3n) is 2.88. The molecule has 1 aromatic carbocycles. The fourth-order valence-corrected chi connectivity index (χ4v) is 3.92. The molecule has 1 unspecified atom stereocenters. The van der Waals surface area contributed by atoms with Gasteiger partial charge in [0.05, 0.1) is 16.9 Å². The van der Waals surface area contributed by atoms with Crippen molar-refractivity contribution in [3.05, 3.63) is 17.2 Å². The molecule has 1 aliphatic heterocycles. The molecule has 1 atom stereocenters. The molecule has 0 fully saturated rings. The SMILES string of the molecule is NS(=O)(=O)c1cc2c(cc1Cl)NC(CCCCO)NS2. The number of fused-ring (bicyclic) bond motifs is 1. The normalized spacial score (nSPS) is 18.4. The molecule has 5 N–H and O–H groups in total. The number of aliphatic hydroxyl groups is 1. The Morgan fingerprint density at radius 1 is 1.40 bits per heavy atom. The van der Waals surface area contributed by atoms with Gasteiger partial charge in [-0.1, -0.05) is 11.6 Å². The fourth-order valence-electron chi connectivity index (χ4n) is 1.89. The molecule has 0 amide bonds. The number of aliphatic hydroxyl groups excluding tert-OH is 1. The molecule has 1 aliphatic rings. The minimum Gasteiger partial charge on any atom is -0.396 e. The lowest BCUT2D eigenvalue weighted by molar-refractivity contribution is 0.281. The highest BCUT2D eigenvalue weighted by molar-refractivity contribution is 7.97.